The van der Waals surface area contributed by atoms with Crippen LogP contribution in [-0.2, 0) is 6.42 Å². The van der Waals surface area contributed by atoms with Crippen LogP contribution >= 0.6 is 0 Å². The lowest BCUT2D eigenvalue weighted by molar-refractivity contribution is 0.431. The van der Waals surface area contributed by atoms with E-state index in [-0.39, 0.29) is 0 Å². The average molecular weight is 243 g/mol. The lowest BCUT2D eigenvalue weighted by atomic mass is 9.89. The van der Waals surface area contributed by atoms with Crippen molar-refractivity contribution in [3.63, 3.8) is 0 Å². The number of aromatic nitrogens is 2. The first-order valence-corrected chi connectivity index (χ1v) is 7.05. The van der Waals surface area contributed by atoms with Gasteiger partial charge in [-0.2, -0.15) is 0 Å². The second kappa shape index (κ2) is 5.11. The molecule has 18 heavy (non-hydrogen) atoms. The number of nitrogens with one attached hydrogen (secondary N) is 1. The zero-order chi connectivity index (χ0) is 12.4. The summed E-state index contributed by atoms with van der Waals surface area (Å²) >= 11 is 0. The van der Waals surface area contributed by atoms with E-state index in [1.807, 2.05) is 0 Å². The number of imidazole rings is 1. The maximum atomic E-state index is 5.60. The Balaban J connectivity index is 1.89. The predicted molar refractivity (Wildman–Crippen MR) is 74.7 cm³/mol. The fourth-order valence-corrected chi connectivity index (χ4v) is 2.97. The Labute approximate surface area is 108 Å². The summed E-state index contributed by atoms with van der Waals surface area (Å²) in [5.74, 6) is 1.83. The minimum atomic E-state index is 0.643. The smallest absolute Gasteiger partial charge is 0.110 e. The molecule has 1 aliphatic rings. The van der Waals surface area contributed by atoms with Gasteiger partial charge in [0.1, 0.15) is 5.82 Å². The number of benzene rings is 1. The van der Waals surface area contributed by atoms with E-state index in [1.165, 1.54) is 49.0 Å². The van der Waals surface area contributed by atoms with E-state index in [1.54, 1.807) is 0 Å². The SMILES string of the molecule is NCCc1ccc2nc(C3CCCCC3)[nH]c2c1. The van der Waals surface area contributed by atoms with Gasteiger partial charge < -0.3 is 10.7 Å². The van der Waals surface area contributed by atoms with Crippen LogP contribution in [0.15, 0.2) is 18.2 Å². The molecule has 3 heteroatoms. The van der Waals surface area contributed by atoms with Crippen LogP contribution < -0.4 is 5.73 Å². The van der Waals surface area contributed by atoms with Crippen LogP contribution in [0.2, 0.25) is 0 Å². The molecule has 0 atom stereocenters. The summed E-state index contributed by atoms with van der Waals surface area (Å²) in [5.41, 5.74) is 9.16. The number of nitrogens with zero attached hydrogens (tertiary/aromatic N) is 1. The maximum Gasteiger partial charge on any atom is 0.110 e. The van der Waals surface area contributed by atoms with Gasteiger partial charge in [-0.25, -0.2) is 4.98 Å². The van der Waals surface area contributed by atoms with Crippen molar-refractivity contribution in [1.29, 1.82) is 0 Å². The van der Waals surface area contributed by atoms with E-state index < -0.39 is 0 Å². The number of hydrogen-bond donors (Lipinski definition) is 2. The first kappa shape index (κ1) is 11.7. The molecule has 1 fully saturated rings. The van der Waals surface area contributed by atoms with E-state index in [9.17, 15) is 0 Å². The third-order valence-electron chi connectivity index (χ3n) is 3.99. The second-order valence-electron chi connectivity index (χ2n) is 5.35. The fourth-order valence-electron chi connectivity index (χ4n) is 2.97. The van der Waals surface area contributed by atoms with Crippen LogP contribution in [0, 0.1) is 0 Å². The molecular formula is C15H21N3. The highest BCUT2D eigenvalue weighted by atomic mass is 14.9. The molecule has 0 amide bonds. The Kier molecular flexibility index (Phi) is 3.33. The molecule has 0 aliphatic heterocycles. The van der Waals surface area contributed by atoms with Crippen LogP contribution in [-0.4, -0.2) is 16.5 Å². The highest BCUT2D eigenvalue weighted by Crippen LogP contribution is 2.32. The number of aromatic amines is 1. The molecule has 0 bridgehead atoms. The number of H-pyrrole nitrogens is 1. The topological polar surface area (TPSA) is 54.7 Å². The Morgan fingerprint density at radius 1 is 1.22 bits per heavy atom. The van der Waals surface area contributed by atoms with E-state index in [0.29, 0.717) is 12.5 Å². The molecule has 0 spiro atoms. The molecule has 1 heterocycles. The summed E-state index contributed by atoms with van der Waals surface area (Å²) in [5, 5.41) is 0. The van der Waals surface area contributed by atoms with Crippen molar-refractivity contribution in [3.8, 4) is 0 Å². The molecule has 1 aromatic carbocycles. The second-order valence-corrected chi connectivity index (χ2v) is 5.35. The number of fused-ring (bicyclic) bond motifs is 1. The van der Waals surface area contributed by atoms with Crippen molar-refractivity contribution < 1.29 is 0 Å². The molecule has 0 unspecified atom stereocenters. The Hall–Kier alpha value is -1.35. The summed E-state index contributed by atoms with van der Waals surface area (Å²) in [6, 6.07) is 6.45. The minimum Gasteiger partial charge on any atom is -0.342 e. The average Bonchev–Trinajstić information content (AvgIpc) is 2.83. The lowest BCUT2D eigenvalue weighted by Crippen LogP contribution is -2.05. The summed E-state index contributed by atoms with van der Waals surface area (Å²) < 4.78 is 0. The summed E-state index contributed by atoms with van der Waals surface area (Å²) in [6.45, 7) is 0.703. The van der Waals surface area contributed by atoms with Crippen molar-refractivity contribution in [1.82, 2.24) is 9.97 Å². The van der Waals surface area contributed by atoms with Gasteiger partial charge in [0.05, 0.1) is 11.0 Å². The standard InChI is InChI=1S/C15H21N3/c16-9-8-11-6-7-13-14(10-11)18-15(17-13)12-4-2-1-3-5-12/h6-7,10,12H,1-5,8-9,16H2,(H,17,18). The molecule has 96 valence electrons. The van der Waals surface area contributed by atoms with Gasteiger partial charge in [0.15, 0.2) is 0 Å². The number of nitrogens with two attached hydrogens (primary N) is 1. The normalized spacial score (nSPS) is 17.4. The zero-order valence-corrected chi connectivity index (χ0v) is 10.8. The lowest BCUT2D eigenvalue weighted by Gasteiger charge is -2.18. The summed E-state index contributed by atoms with van der Waals surface area (Å²) in [4.78, 5) is 8.26. The molecule has 3 N–H and O–H groups in total. The van der Waals surface area contributed by atoms with Crippen molar-refractivity contribution in [2.75, 3.05) is 6.54 Å². The van der Waals surface area contributed by atoms with Crippen molar-refractivity contribution in [2.24, 2.45) is 5.73 Å². The van der Waals surface area contributed by atoms with Crippen molar-refractivity contribution in [3.05, 3.63) is 29.6 Å². The van der Waals surface area contributed by atoms with Crippen LogP contribution in [0.4, 0.5) is 0 Å². The van der Waals surface area contributed by atoms with Crippen LogP contribution in [0.3, 0.4) is 0 Å². The quantitative estimate of drug-likeness (QED) is 0.870. The minimum absolute atomic E-state index is 0.643. The highest BCUT2D eigenvalue weighted by Gasteiger charge is 2.18. The number of hydrogen-bond acceptors (Lipinski definition) is 2. The molecular weight excluding hydrogens is 222 g/mol. The first-order valence-electron chi connectivity index (χ1n) is 7.05. The predicted octanol–water partition coefficient (Wildman–Crippen LogP) is 3.11. The van der Waals surface area contributed by atoms with Crippen molar-refractivity contribution in [2.45, 2.75) is 44.4 Å². The first-order chi connectivity index (χ1) is 8.86. The third-order valence-corrected chi connectivity index (χ3v) is 3.99. The summed E-state index contributed by atoms with van der Waals surface area (Å²) in [6.07, 6.45) is 7.59. The van der Waals surface area contributed by atoms with Crippen LogP contribution in [0.5, 0.6) is 0 Å². The van der Waals surface area contributed by atoms with Gasteiger partial charge >= 0.3 is 0 Å². The van der Waals surface area contributed by atoms with Gasteiger partial charge in [-0.15, -0.1) is 0 Å². The number of rotatable bonds is 3. The molecule has 0 saturated heterocycles. The van der Waals surface area contributed by atoms with E-state index in [0.717, 1.165) is 11.9 Å². The van der Waals surface area contributed by atoms with Crippen LogP contribution in [0.25, 0.3) is 11.0 Å². The van der Waals surface area contributed by atoms with Gasteiger partial charge in [0.2, 0.25) is 0 Å². The summed E-state index contributed by atoms with van der Waals surface area (Å²) in [7, 11) is 0. The molecule has 2 aromatic rings. The molecule has 1 aromatic heterocycles. The van der Waals surface area contributed by atoms with Gasteiger partial charge in [-0.05, 0) is 43.5 Å². The maximum absolute atomic E-state index is 5.60. The Morgan fingerprint density at radius 2 is 2.06 bits per heavy atom. The van der Waals surface area contributed by atoms with E-state index >= 15 is 0 Å². The van der Waals surface area contributed by atoms with E-state index in [4.69, 9.17) is 10.7 Å². The van der Waals surface area contributed by atoms with Gasteiger partial charge in [0, 0.05) is 5.92 Å². The highest BCUT2D eigenvalue weighted by molar-refractivity contribution is 5.76. The molecule has 1 aliphatic carbocycles. The molecule has 3 rings (SSSR count). The molecule has 0 radical (unpaired) electrons. The van der Waals surface area contributed by atoms with E-state index in [2.05, 4.69) is 23.2 Å². The van der Waals surface area contributed by atoms with Gasteiger partial charge in [-0.1, -0.05) is 25.3 Å². The third kappa shape index (κ3) is 2.27. The van der Waals surface area contributed by atoms with Gasteiger partial charge in [-0.3, -0.25) is 0 Å². The Morgan fingerprint density at radius 3 is 2.83 bits per heavy atom. The largest absolute Gasteiger partial charge is 0.342 e. The van der Waals surface area contributed by atoms with Crippen molar-refractivity contribution >= 4 is 11.0 Å². The monoisotopic (exact) mass is 243 g/mol. The zero-order valence-electron chi connectivity index (χ0n) is 10.8. The molecule has 1 saturated carbocycles. The van der Waals surface area contributed by atoms with Gasteiger partial charge in [0.25, 0.3) is 0 Å². The van der Waals surface area contributed by atoms with Crippen LogP contribution in [0.1, 0.15) is 49.4 Å². The fraction of sp³-hybridized carbons (Fsp3) is 0.533. The molecule has 3 nitrogen and oxygen atoms in total. The Bertz CT molecular complexity index is 524.